The van der Waals surface area contributed by atoms with Gasteiger partial charge in [-0.15, -0.1) is 10.2 Å². The Morgan fingerprint density at radius 1 is 0.950 bits per heavy atom. The number of ether oxygens (including phenoxy) is 2. The van der Waals surface area contributed by atoms with Crippen LogP contribution in [0.25, 0.3) is 10.6 Å². The average Bonchev–Trinajstić information content (AvgIpc) is 3.70. The molecule has 1 aliphatic heterocycles. The maximum Gasteiger partial charge on any atom is 0.245 e. The summed E-state index contributed by atoms with van der Waals surface area (Å²) in [5.41, 5.74) is 2.43. The molecule has 1 saturated carbocycles. The number of Topliss-reactive ketones (excluding diaryl/α,β-unsaturated/α-hetero) is 1. The van der Waals surface area contributed by atoms with Gasteiger partial charge in [-0.25, -0.2) is 0 Å². The number of morpholine rings is 1. The zero-order valence-corrected chi connectivity index (χ0v) is 22.9. The molecule has 204 valence electrons. The van der Waals surface area contributed by atoms with Gasteiger partial charge in [-0.3, -0.25) is 14.5 Å². The topological polar surface area (TPSA) is 93.7 Å². The van der Waals surface area contributed by atoms with E-state index in [0.717, 1.165) is 42.1 Å². The lowest BCUT2D eigenvalue weighted by molar-refractivity contribution is -0.124. The second kappa shape index (κ2) is 11.7. The van der Waals surface area contributed by atoms with E-state index in [9.17, 15) is 9.59 Å². The molecular weight excluding hydrogens is 524 g/mol. The summed E-state index contributed by atoms with van der Waals surface area (Å²) in [7, 11) is 0. The molecule has 0 atom stereocenters. The van der Waals surface area contributed by atoms with Crippen LogP contribution in [0.4, 0.5) is 5.69 Å². The van der Waals surface area contributed by atoms with Gasteiger partial charge in [-0.2, -0.15) is 0 Å². The van der Waals surface area contributed by atoms with Crippen molar-refractivity contribution >= 4 is 28.7 Å². The number of nitrogens with one attached hydrogen (secondary N) is 1. The highest BCUT2D eigenvalue weighted by atomic mass is 32.1. The van der Waals surface area contributed by atoms with E-state index < -0.39 is 5.54 Å². The highest BCUT2D eigenvalue weighted by molar-refractivity contribution is 7.14. The van der Waals surface area contributed by atoms with E-state index >= 15 is 0 Å². The largest absolute Gasteiger partial charge is 0.487 e. The van der Waals surface area contributed by atoms with Crippen LogP contribution in [-0.4, -0.2) is 58.6 Å². The lowest BCUT2D eigenvalue weighted by atomic mass is 10.1. The number of nitrogens with zero attached hydrogens (tertiary/aromatic N) is 3. The van der Waals surface area contributed by atoms with E-state index in [1.54, 1.807) is 18.2 Å². The second-order valence-corrected chi connectivity index (χ2v) is 11.1. The average molecular weight is 555 g/mol. The van der Waals surface area contributed by atoms with Crippen molar-refractivity contribution in [1.29, 1.82) is 0 Å². The predicted octanol–water partition coefficient (Wildman–Crippen LogP) is 5.01. The molecule has 0 radical (unpaired) electrons. The van der Waals surface area contributed by atoms with E-state index in [1.165, 1.54) is 11.3 Å². The summed E-state index contributed by atoms with van der Waals surface area (Å²) in [6, 6.07) is 24.8. The van der Waals surface area contributed by atoms with Gasteiger partial charge in [0, 0.05) is 24.2 Å². The Morgan fingerprint density at radius 2 is 1.68 bits per heavy atom. The van der Waals surface area contributed by atoms with Crippen molar-refractivity contribution in [2.45, 2.75) is 31.4 Å². The van der Waals surface area contributed by atoms with Crippen molar-refractivity contribution in [3.63, 3.8) is 0 Å². The van der Waals surface area contributed by atoms with Crippen molar-refractivity contribution < 1.29 is 19.1 Å². The van der Waals surface area contributed by atoms with Crippen LogP contribution in [0.2, 0.25) is 0 Å². The number of carbonyl (C=O) groups excluding carboxylic acids is 2. The SMILES string of the molecule is O=C(Cc1nnc(-c2ccccc2)s1)c1ccc(OCc2ccccc2)c(NC(=O)C2(N3CCOCC3)CC2)c1. The van der Waals surface area contributed by atoms with Gasteiger partial charge >= 0.3 is 0 Å². The Balaban J connectivity index is 1.21. The molecule has 1 N–H and O–H groups in total. The van der Waals surface area contributed by atoms with Crippen LogP contribution in [0.1, 0.15) is 33.8 Å². The quantitative estimate of drug-likeness (QED) is 0.275. The number of hydrogen-bond donors (Lipinski definition) is 1. The highest BCUT2D eigenvalue weighted by Crippen LogP contribution is 2.43. The van der Waals surface area contributed by atoms with Crippen LogP contribution in [0, 0.1) is 0 Å². The first-order valence-electron chi connectivity index (χ1n) is 13.5. The van der Waals surface area contributed by atoms with Crippen LogP contribution in [-0.2, 0) is 22.6 Å². The minimum Gasteiger partial charge on any atom is -0.487 e. The number of amides is 1. The van der Waals surface area contributed by atoms with E-state index in [4.69, 9.17) is 9.47 Å². The minimum absolute atomic E-state index is 0.0693. The molecule has 2 aliphatic rings. The molecule has 9 heteroatoms. The Bertz CT molecular complexity index is 1480. The molecule has 6 rings (SSSR count). The number of hydrogen-bond acceptors (Lipinski definition) is 8. The molecule has 3 aromatic carbocycles. The normalized spacial score (nSPS) is 16.3. The predicted molar refractivity (Wildman–Crippen MR) is 154 cm³/mol. The molecule has 1 saturated heterocycles. The van der Waals surface area contributed by atoms with Gasteiger partial charge in [0.1, 0.15) is 27.9 Å². The van der Waals surface area contributed by atoms with E-state index in [-0.39, 0.29) is 18.1 Å². The van der Waals surface area contributed by atoms with Crippen LogP contribution in [0.15, 0.2) is 78.9 Å². The van der Waals surface area contributed by atoms with Gasteiger partial charge in [0.05, 0.1) is 25.3 Å². The molecular formula is C31H30N4O4S. The lowest BCUT2D eigenvalue weighted by Crippen LogP contribution is -2.51. The van der Waals surface area contributed by atoms with Crippen LogP contribution in [0.3, 0.4) is 0 Å². The maximum atomic E-state index is 13.6. The van der Waals surface area contributed by atoms with Gasteiger partial charge in [0.2, 0.25) is 5.91 Å². The third-order valence-electron chi connectivity index (χ3n) is 7.35. The van der Waals surface area contributed by atoms with Gasteiger partial charge in [-0.1, -0.05) is 72.0 Å². The summed E-state index contributed by atoms with van der Waals surface area (Å²) in [6.45, 7) is 3.06. The van der Waals surface area contributed by atoms with Crippen molar-refractivity contribution in [2.75, 3.05) is 31.6 Å². The van der Waals surface area contributed by atoms with E-state index in [0.29, 0.717) is 41.8 Å². The van der Waals surface area contributed by atoms with Crippen LogP contribution >= 0.6 is 11.3 Å². The molecule has 1 aliphatic carbocycles. The second-order valence-electron chi connectivity index (χ2n) is 10.0. The summed E-state index contributed by atoms with van der Waals surface area (Å²) in [5.74, 6) is 0.351. The summed E-state index contributed by atoms with van der Waals surface area (Å²) < 4.78 is 11.6. The zero-order chi connectivity index (χ0) is 27.4. The number of ketones is 1. The van der Waals surface area contributed by atoms with Crippen molar-refractivity contribution in [3.8, 4) is 16.3 Å². The first-order valence-corrected chi connectivity index (χ1v) is 14.3. The van der Waals surface area contributed by atoms with Gasteiger partial charge in [-0.05, 0) is 36.6 Å². The van der Waals surface area contributed by atoms with E-state index in [2.05, 4.69) is 20.4 Å². The first kappa shape index (κ1) is 26.3. The van der Waals surface area contributed by atoms with Gasteiger partial charge in [0.25, 0.3) is 0 Å². The van der Waals surface area contributed by atoms with Gasteiger partial charge in [0.15, 0.2) is 5.78 Å². The minimum atomic E-state index is -0.527. The summed E-state index contributed by atoms with van der Waals surface area (Å²) in [4.78, 5) is 29.1. The van der Waals surface area contributed by atoms with Crippen LogP contribution in [0.5, 0.6) is 5.75 Å². The Kier molecular flexibility index (Phi) is 7.68. The molecule has 2 fully saturated rings. The Morgan fingerprint density at radius 3 is 2.40 bits per heavy atom. The fourth-order valence-corrected chi connectivity index (χ4v) is 5.80. The third kappa shape index (κ3) is 5.82. The molecule has 2 heterocycles. The smallest absolute Gasteiger partial charge is 0.245 e. The maximum absolute atomic E-state index is 13.6. The monoisotopic (exact) mass is 554 g/mol. The number of carbonyl (C=O) groups is 2. The first-order chi connectivity index (χ1) is 19.6. The van der Waals surface area contributed by atoms with E-state index in [1.807, 2.05) is 60.7 Å². The van der Waals surface area contributed by atoms with Gasteiger partial charge < -0.3 is 14.8 Å². The Labute approximate surface area is 237 Å². The number of aromatic nitrogens is 2. The van der Waals surface area contributed by atoms with Crippen molar-refractivity contribution in [2.24, 2.45) is 0 Å². The molecule has 1 aromatic heterocycles. The summed E-state index contributed by atoms with van der Waals surface area (Å²) in [6.07, 6.45) is 1.73. The fourth-order valence-electron chi connectivity index (χ4n) is 4.96. The standard InChI is InChI=1S/C31H30N4O4S/c36-26(20-28-33-34-29(40-28)23-9-5-2-6-10-23)24-11-12-27(39-21-22-7-3-1-4-8-22)25(19-24)32-30(37)31(13-14-31)35-15-17-38-18-16-35/h1-12,19H,13-18,20-21H2,(H,32,37). The van der Waals surface area contributed by atoms with Crippen molar-refractivity contribution in [1.82, 2.24) is 15.1 Å². The molecule has 1 amide bonds. The fraction of sp³-hybridized carbons (Fsp3) is 0.290. The highest BCUT2D eigenvalue weighted by Gasteiger charge is 2.54. The summed E-state index contributed by atoms with van der Waals surface area (Å²) >= 11 is 1.41. The summed E-state index contributed by atoms with van der Waals surface area (Å²) in [5, 5.41) is 13.0. The number of benzene rings is 3. The molecule has 8 nitrogen and oxygen atoms in total. The molecule has 0 unspecified atom stereocenters. The Hall–Kier alpha value is -3.92. The number of anilines is 1. The molecule has 4 aromatic rings. The van der Waals surface area contributed by atoms with Crippen molar-refractivity contribution in [3.05, 3.63) is 95.0 Å². The van der Waals surface area contributed by atoms with Crippen LogP contribution < -0.4 is 10.1 Å². The third-order valence-corrected chi connectivity index (χ3v) is 8.32. The lowest BCUT2D eigenvalue weighted by Gasteiger charge is -2.34. The number of rotatable bonds is 10. The molecule has 0 spiro atoms. The zero-order valence-electron chi connectivity index (χ0n) is 22.0. The molecule has 40 heavy (non-hydrogen) atoms. The molecule has 0 bridgehead atoms.